The average molecular weight is 543 g/mol. The maximum absolute atomic E-state index is 11.9. The molecule has 1 aliphatic carbocycles. The van der Waals surface area contributed by atoms with Crippen LogP contribution in [0.4, 0.5) is 0 Å². The lowest BCUT2D eigenvalue weighted by atomic mass is 9.40. The number of hydrogen-bond donors (Lipinski definition) is 3. The molecule has 5 rings (SSSR count). The standard InChI is InChI=1S/C33H42N4O3/c1-21(2)23-11-12-26(27(38)16-23)33(31(7)19-35-20-31,32(22(3)4)13-9-8-10-14-32)25-15-24(17-34-18-25)28-36-29(40-37-28)30(5,6)39/h8-13,15-18,21-22,35,38-39H,14,19-20H2,1-7H3/t32?,33-/m0/s1. The van der Waals surface area contributed by atoms with Crippen molar-refractivity contribution in [1.82, 2.24) is 20.4 Å². The Kier molecular flexibility index (Phi) is 7.04. The number of nitrogens with zero attached hydrogens (tertiary/aromatic N) is 3. The van der Waals surface area contributed by atoms with Gasteiger partial charge in [0.25, 0.3) is 5.89 Å². The van der Waals surface area contributed by atoms with Gasteiger partial charge < -0.3 is 20.1 Å². The molecule has 2 aliphatic rings. The number of allylic oxidation sites excluding steroid dienone is 4. The van der Waals surface area contributed by atoms with Crippen molar-refractivity contribution in [2.24, 2.45) is 16.7 Å². The predicted molar refractivity (Wildman–Crippen MR) is 157 cm³/mol. The van der Waals surface area contributed by atoms with Crippen LogP contribution in [0.25, 0.3) is 11.4 Å². The van der Waals surface area contributed by atoms with Gasteiger partial charge in [-0.2, -0.15) is 4.98 Å². The van der Waals surface area contributed by atoms with Gasteiger partial charge in [0.05, 0.1) is 0 Å². The fourth-order valence-corrected chi connectivity index (χ4v) is 7.03. The normalized spacial score (nSPS) is 21.9. The molecule has 3 aromatic rings. The lowest BCUT2D eigenvalue weighted by Gasteiger charge is -2.64. The van der Waals surface area contributed by atoms with E-state index in [0.29, 0.717) is 23.1 Å². The number of phenols is 1. The number of aromatic nitrogens is 3. The summed E-state index contributed by atoms with van der Waals surface area (Å²) < 4.78 is 5.41. The molecule has 0 amide bonds. The molecule has 0 bridgehead atoms. The minimum Gasteiger partial charge on any atom is -0.508 e. The van der Waals surface area contributed by atoms with Crippen molar-refractivity contribution in [1.29, 1.82) is 0 Å². The summed E-state index contributed by atoms with van der Waals surface area (Å²) in [4.78, 5) is 9.23. The Hall–Kier alpha value is -3.29. The highest BCUT2D eigenvalue weighted by atomic mass is 16.5. The van der Waals surface area contributed by atoms with Crippen molar-refractivity contribution in [2.45, 2.75) is 71.8 Å². The molecule has 2 atom stereocenters. The Morgan fingerprint density at radius 3 is 2.33 bits per heavy atom. The van der Waals surface area contributed by atoms with E-state index >= 15 is 0 Å². The number of pyridine rings is 1. The van der Waals surface area contributed by atoms with Crippen LogP contribution in [0.5, 0.6) is 5.75 Å². The van der Waals surface area contributed by atoms with E-state index < -0.39 is 11.0 Å². The molecular formula is C33H42N4O3. The van der Waals surface area contributed by atoms with Gasteiger partial charge in [-0.15, -0.1) is 0 Å². The third-order valence-corrected chi connectivity index (χ3v) is 9.23. The van der Waals surface area contributed by atoms with Crippen LogP contribution in [0, 0.1) is 16.7 Å². The molecule has 1 aliphatic heterocycles. The van der Waals surface area contributed by atoms with Crippen LogP contribution in [-0.4, -0.2) is 38.4 Å². The van der Waals surface area contributed by atoms with Crippen molar-refractivity contribution in [2.75, 3.05) is 13.1 Å². The van der Waals surface area contributed by atoms with Crippen molar-refractivity contribution < 1.29 is 14.7 Å². The fourth-order valence-electron chi connectivity index (χ4n) is 7.03. The molecule has 7 heteroatoms. The first-order valence-corrected chi connectivity index (χ1v) is 14.3. The highest BCUT2D eigenvalue weighted by Crippen LogP contribution is 2.66. The molecule has 40 heavy (non-hydrogen) atoms. The van der Waals surface area contributed by atoms with Crippen LogP contribution in [0.3, 0.4) is 0 Å². The van der Waals surface area contributed by atoms with E-state index in [2.05, 4.69) is 92.6 Å². The Morgan fingerprint density at radius 1 is 1.05 bits per heavy atom. The van der Waals surface area contributed by atoms with Crippen LogP contribution in [-0.2, 0) is 11.0 Å². The van der Waals surface area contributed by atoms with Gasteiger partial charge in [-0.25, -0.2) is 0 Å². The van der Waals surface area contributed by atoms with Crippen LogP contribution in [0.15, 0.2) is 65.5 Å². The minimum absolute atomic E-state index is 0.148. The van der Waals surface area contributed by atoms with Crippen LogP contribution < -0.4 is 5.32 Å². The average Bonchev–Trinajstić information content (AvgIpc) is 3.41. The van der Waals surface area contributed by atoms with Crippen LogP contribution in [0.2, 0.25) is 0 Å². The summed E-state index contributed by atoms with van der Waals surface area (Å²) >= 11 is 0. The molecule has 2 aromatic heterocycles. The number of rotatable bonds is 8. The Bertz CT molecular complexity index is 1440. The molecule has 0 spiro atoms. The van der Waals surface area contributed by atoms with E-state index in [1.165, 1.54) is 0 Å². The first kappa shape index (κ1) is 28.2. The van der Waals surface area contributed by atoms with Gasteiger partial charge in [-0.05, 0) is 55.4 Å². The largest absolute Gasteiger partial charge is 0.508 e. The van der Waals surface area contributed by atoms with Gasteiger partial charge in [-0.3, -0.25) is 4.98 Å². The molecule has 0 saturated carbocycles. The number of benzene rings is 1. The molecule has 3 heterocycles. The van der Waals surface area contributed by atoms with E-state index in [1.54, 1.807) is 20.0 Å². The zero-order chi connectivity index (χ0) is 28.9. The van der Waals surface area contributed by atoms with Gasteiger partial charge >= 0.3 is 0 Å². The maximum atomic E-state index is 11.9. The second-order valence-corrected chi connectivity index (χ2v) is 13.0. The highest BCUT2D eigenvalue weighted by molar-refractivity contribution is 5.61. The Balaban J connectivity index is 1.85. The van der Waals surface area contributed by atoms with Crippen LogP contribution >= 0.6 is 0 Å². The number of hydrogen-bond acceptors (Lipinski definition) is 7. The molecule has 7 nitrogen and oxygen atoms in total. The summed E-state index contributed by atoms with van der Waals surface area (Å²) in [5.41, 5.74) is 1.16. The van der Waals surface area contributed by atoms with Crippen LogP contribution in [0.1, 0.15) is 83.4 Å². The van der Waals surface area contributed by atoms with Gasteiger partial charge in [0.2, 0.25) is 5.82 Å². The van der Waals surface area contributed by atoms with Crippen molar-refractivity contribution in [3.05, 3.63) is 83.5 Å². The van der Waals surface area contributed by atoms with E-state index in [4.69, 9.17) is 9.51 Å². The van der Waals surface area contributed by atoms with E-state index in [1.807, 2.05) is 12.3 Å². The Morgan fingerprint density at radius 2 is 1.80 bits per heavy atom. The topological polar surface area (TPSA) is 104 Å². The number of aliphatic hydroxyl groups is 1. The summed E-state index contributed by atoms with van der Waals surface area (Å²) in [6, 6.07) is 8.33. The molecule has 1 aromatic carbocycles. The predicted octanol–water partition coefficient (Wildman–Crippen LogP) is 6.24. The molecular weight excluding hydrogens is 500 g/mol. The smallest absolute Gasteiger partial charge is 0.258 e. The second kappa shape index (κ2) is 9.96. The van der Waals surface area contributed by atoms with Gasteiger partial charge in [0.15, 0.2) is 0 Å². The lowest BCUT2D eigenvalue weighted by molar-refractivity contribution is -0.0144. The summed E-state index contributed by atoms with van der Waals surface area (Å²) in [7, 11) is 0. The highest BCUT2D eigenvalue weighted by Gasteiger charge is 2.65. The first-order chi connectivity index (χ1) is 18.9. The van der Waals surface area contributed by atoms with Crippen molar-refractivity contribution in [3.8, 4) is 17.1 Å². The van der Waals surface area contributed by atoms with Crippen molar-refractivity contribution in [3.63, 3.8) is 0 Å². The number of phenolic OH excluding ortho intramolecular Hbond substituents is 1. The quantitative estimate of drug-likeness (QED) is 0.309. The number of aromatic hydroxyl groups is 1. The molecule has 212 valence electrons. The van der Waals surface area contributed by atoms with E-state index in [9.17, 15) is 10.2 Å². The molecule has 0 radical (unpaired) electrons. The zero-order valence-corrected chi connectivity index (χ0v) is 24.7. The minimum atomic E-state index is -1.25. The maximum Gasteiger partial charge on any atom is 0.258 e. The fraction of sp³-hybridized carbons (Fsp3) is 0.485. The van der Waals surface area contributed by atoms with E-state index in [0.717, 1.165) is 36.2 Å². The van der Waals surface area contributed by atoms with Crippen molar-refractivity contribution >= 4 is 0 Å². The molecule has 1 saturated heterocycles. The third kappa shape index (κ3) is 4.22. The Labute approximate surface area is 237 Å². The van der Waals surface area contributed by atoms with Gasteiger partial charge in [0.1, 0.15) is 11.4 Å². The van der Waals surface area contributed by atoms with Gasteiger partial charge in [-0.1, -0.05) is 76.2 Å². The summed E-state index contributed by atoms with van der Waals surface area (Å²) in [6.45, 7) is 16.0. The van der Waals surface area contributed by atoms with E-state index in [-0.39, 0.29) is 22.6 Å². The van der Waals surface area contributed by atoms with Gasteiger partial charge in [0, 0.05) is 52.9 Å². The first-order valence-electron chi connectivity index (χ1n) is 14.3. The zero-order valence-electron chi connectivity index (χ0n) is 24.7. The molecule has 1 fully saturated rings. The summed E-state index contributed by atoms with van der Waals surface area (Å²) in [5, 5.41) is 30.0. The number of nitrogens with one attached hydrogen (secondary N) is 1. The second-order valence-electron chi connectivity index (χ2n) is 13.0. The SMILES string of the molecule is CC(C)c1ccc([C@@](c2cncc(-c3noc(C(C)(C)O)n3)c2)(C2(C)CNC2)C2(C(C)C)C=CC=CC2)c(O)c1. The summed E-state index contributed by atoms with van der Waals surface area (Å²) in [6.07, 6.45) is 13.3. The monoisotopic (exact) mass is 542 g/mol. The third-order valence-electron chi connectivity index (χ3n) is 9.23. The molecule has 1 unspecified atom stereocenters. The molecule has 3 N–H and O–H groups in total. The lowest BCUT2D eigenvalue weighted by Crippen LogP contribution is -2.69. The summed E-state index contributed by atoms with van der Waals surface area (Å²) in [5.74, 6) is 1.34.